The number of fused-ring (bicyclic) bond motifs is 9. The number of benzene rings is 8. The smallest absolute Gasteiger partial charge is 0.0794 e. The van der Waals surface area contributed by atoms with Crippen LogP contribution in [0.5, 0.6) is 0 Å². The first-order chi connectivity index (χ1) is 24.3. The number of nitrogens with zero attached hydrogens (tertiary/aromatic N) is 1. The van der Waals surface area contributed by atoms with Crippen LogP contribution in [-0.2, 0) is 0 Å². The van der Waals surface area contributed by atoms with Crippen LogP contribution in [0.3, 0.4) is 0 Å². The Morgan fingerprint density at radius 2 is 0.898 bits per heavy atom. The minimum Gasteiger partial charge on any atom is -0.247 e. The Kier molecular flexibility index (Phi) is 6.43. The summed E-state index contributed by atoms with van der Waals surface area (Å²) in [5.41, 5.74) is 10.5. The number of hydrogen-bond acceptors (Lipinski definition) is 2. The van der Waals surface area contributed by atoms with Crippen molar-refractivity contribution in [1.82, 2.24) is 4.98 Å². The first-order valence-corrected chi connectivity index (χ1v) is 17.5. The SMILES string of the molecule is c1ccc(-c2ccc3sc4c(-c5cccc(-c6ccc7c8ccccc8c8ccccc8c7n6)c5)cc(-c5ccccc5)cc4c3c2)cc1. The third kappa shape index (κ3) is 4.64. The number of hydrogen-bond donors (Lipinski definition) is 0. The minimum absolute atomic E-state index is 0.981. The second-order valence-electron chi connectivity index (χ2n) is 12.7. The Morgan fingerprint density at radius 3 is 1.63 bits per heavy atom. The lowest BCUT2D eigenvalue weighted by Crippen LogP contribution is -1.90. The molecule has 0 atom stereocenters. The van der Waals surface area contributed by atoms with Crippen molar-refractivity contribution in [2.75, 3.05) is 0 Å². The van der Waals surface area contributed by atoms with E-state index in [0.717, 1.165) is 16.8 Å². The van der Waals surface area contributed by atoms with Crippen LogP contribution in [0.1, 0.15) is 0 Å². The molecule has 0 radical (unpaired) electrons. The van der Waals surface area contributed by atoms with E-state index in [9.17, 15) is 0 Å². The fourth-order valence-corrected chi connectivity index (χ4v) is 8.67. The molecule has 2 heterocycles. The van der Waals surface area contributed by atoms with Crippen molar-refractivity contribution in [2.45, 2.75) is 0 Å². The quantitative estimate of drug-likeness (QED) is 0.175. The van der Waals surface area contributed by atoms with Crippen molar-refractivity contribution in [3.63, 3.8) is 0 Å². The van der Waals surface area contributed by atoms with E-state index in [-0.39, 0.29) is 0 Å². The van der Waals surface area contributed by atoms with Crippen LogP contribution in [0, 0.1) is 0 Å². The normalized spacial score (nSPS) is 11.7. The molecule has 0 aliphatic carbocycles. The van der Waals surface area contributed by atoms with Gasteiger partial charge in [0, 0.05) is 42.1 Å². The van der Waals surface area contributed by atoms with Crippen molar-refractivity contribution in [3.8, 4) is 44.6 Å². The highest BCUT2D eigenvalue weighted by Gasteiger charge is 2.16. The predicted molar refractivity (Wildman–Crippen MR) is 211 cm³/mol. The Morgan fingerprint density at radius 1 is 0.327 bits per heavy atom. The van der Waals surface area contributed by atoms with Crippen molar-refractivity contribution in [2.24, 2.45) is 0 Å². The molecule has 1 nitrogen and oxygen atoms in total. The summed E-state index contributed by atoms with van der Waals surface area (Å²) in [5, 5.41) is 8.71. The zero-order valence-electron chi connectivity index (χ0n) is 26.6. The van der Waals surface area contributed by atoms with Crippen LogP contribution in [0.4, 0.5) is 0 Å². The van der Waals surface area contributed by atoms with Gasteiger partial charge < -0.3 is 0 Å². The summed E-state index contributed by atoms with van der Waals surface area (Å²) in [4.78, 5) is 5.36. The molecule has 0 unspecified atom stereocenters. The zero-order chi connectivity index (χ0) is 32.3. The van der Waals surface area contributed by atoms with Gasteiger partial charge in [-0.1, -0.05) is 133 Å². The molecule has 10 aromatic rings. The average molecular weight is 640 g/mol. The number of aromatic nitrogens is 1. The summed E-state index contributed by atoms with van der Waals surface area (Å²) in [7, 11) is 0. The van der Waals surface area contributed by atoms with Crippen LogP contribution in [0.15, 0.2) is 176 Å². The molecule has 0 bridgehead atoms. The molecule has 228 valence electrons. The van der Waals surface area contributed by atoms with Gasteiger partial charge in [0.2, 0.25) is 0 Å². The maximum atomic E-state index is 5.36. The Hall–Kier alpha value is -6.09. The Bertz CT molecular complexity index is 2830. The predicted octanol–water partition coefficient (Wildman–Crippen LogP) is 13.6. The maximum Gasteiger partial charge on any atom is 0.0794 e. The summed E-state index contributed by atoms with van der Waals surface area (Å²) >= 11 is 1.88. The number of thiophene rings is 1. The van der Waals surface area contributed by atoms with Gasteiger partial charge in [-0.2, -0.15) is 0 Å². The first kappa shape index (κ1) is 28.0. The van der Waals surface area contributed by atoms with Crippen molar-refractivity contribution in [3.05, 3.63) is 176 Å². The van der Waals surface area contributed by atoms with E-state index in [0.29, 0.717) is 0 Å². The van der Waals surface area contributed by atoms with Gasteiger partial charge in [0.25, 0.3) is 0 Å². The Labute approximate surface area is 288 Å². The molecule has 0 aliphatic heterocycles. The molecular weight excluding hydrogens is 611 g/mol. The van der Waals surface area contributed by atoms with Crippen LogP contribution in [-0.4, -0.2) is 4.98 Å². The molecule has 0 fully saturated rings. The summed E-state index contributed by atoms with van der Waals surface area (Å²) in [6, 6.07) is 63.8. The molecule has 0 saturated heterocycles. The molecular formula is C47H29NS. The molecule has 0 spiro atoms. The van der Waals surface area contributed by atoms with Crippen molar-refractivity contribution < 1.29 is 0 Å². The van der Waals surface area contributed by atoms with Crippen LogP contribution in [0.25, 0.3) is 97.3 Å². The summed E-state index contributed by atoms with van der Waals surface area (Å²) in [5.74, 6) is 0. The monoisotopic (exact) mass is 639 g/mol. The molecule has 0 aliphatic rings. The third-order valence-electron chi connectivity index (χ3n) is 9.84. The van der Waals surface area contributed by atoms with E-state index < -0.39 is 0 Å². The van der Waals surface area contributed by atoms with Gasteiger partial charge in [0.15, 0.2) is 0 Å². The van der Waals surface area contributed by atoms with E-state index >= 15 is 0 Å². The largest absolute Gasteiger partial charge is 0.247 e. The zero-order valence-corrected chi connectivity index (χ0v) is 27.4. The number of rotatable bonds is 4. The molecule has 8 aromatic carbocycles. The van der Waals surface area contributed by atoms with Gasteiger partial charge in [-0.15, -0.1) is 11.3 Å². The summed E-state index contributed by atoms with van der Waals surface area (Å²) in [6.07, 6.45) is 0. The molecule has 0 saturated carbocycles. The lowest BCUT2D eigenvalue weighted by Gasteiger charge is -2.12. The topological polar surface area (TPSA) is 12.9 Å². The van der Waals surface area contributed by atoms with Gasteiger partial charge >= 0.3 is 0 Å². The molecule has 10 rings (SSSR count). The fourth-order valence-electron chi connectivity index (χ4n) is 7.47. The molecule has 49 heavy (non-hydrogen) atoms. The van der Waals surface area contributed by atoms with Gasteiger partial charge in [-0.3, -0.25) is 0 Å². The lowest BCUT2D eigenvalue weighted by atomic mass is 9.94. The average Bonchev–Trinajstić information content (AvgIpc) is 3.56. The first-order valence-electron chi connectivity index (χ1n) is 16.7. The van der Waals surface area contributed by atoms with E-state index in [1.165, 1.54) is 80.5 Å². The fraction of sp³-hybridized carbons (Fsp3) is 0. The van der Waals surface area contributed by atoms with Gasteiger partial charge in [0.1, 0.15) is 0 Å². The van der Waals surface area contributed by atoms with Crippen LogP contribution >= 0.6 is 11.3 Å². The van der Waals surface area contributed by atoms with Crippen LogP contribution in [0.2, 0.25) is 0 Å². The van der Waals surface area contributed by atoms with Gasteiger partial charge in [-0.05, 0) is 86.4 Å². The van der Waals surface area contributed by atoms with Crippen molar-refractivity contribution >= 4 is 64.0 Å². The van der Waals surface area contributed by atoms with E-state index in [2.05, 4.69) is 176 Å². The number of pyridine rings is 1. The second kappa shape index (κ2) is 11.3. The summed E-state index contributed by atoms with van der Waals surface area (Å²) < 4.78 is 2.61. The van der Waals surface area contributed by atoms with Gasteiger partial charge in [-0.25, -0.2) is 4.98 Å². The summed E-state index contributed by atoms with van der Waals surface area (Å²) in [6.45, 7) is 0. The highest BCUT2D eigenvalue weighted by molar-refractivity contribution is 7.26. The Balaban J connectivity index is 1.18. The standard InChI is InChI=1S/C47H29NS/c1-3-12-30(13-4-1)32-22-25-45-42(27-32)43-29-35(31-14-5-2-6-15-31)28-41(47(43)49-45)33-16-11-17-34(26-33)44-24-23-40-38-20-8-7-18-36(38)37-19-9-10-21-39(37)46(40)48-44/h1-29H. The molecule has 0 N–H and O–H groups in total. The molecule has 0 amide bonds. The van der Waals surface area contributed by atoms with E-state index in [1.807, 2.05) is 11.3 Å². The minimum atomic E-state index is 0.981. The second-order valence-corrected chi connectivity index (χ2v) is 13.8. The maximum absolute atomic E-state index is 5.36. The van der Waals surface area contributed by atoms with E-state index in [1.54, 1.807) is 0 Å². The highest BCUT2D eigenvalue weighted by Crippen LogP contribution is 2.44. The van der Waals surface area contributed by atoms with Gasteiger partial charge in [0.05, 0.1) is 11.2 Å². The highest BCUT2D eigenvalue weighted by atomic mass is 32.1. The lowest BCUT2D eigenvalue weighted by molar-refractivity contribution is 1.41. The van der Waals surface area contributed by atoms with Crippen molar-refractivity contribution in [1.29, 1.82) is 0 Å². The van der Waals surface area contributed by atoms with Crippen LogP contribution < -0.4 is 0 Å². The molecule has 2 aromatic heterocycles. The van der Waals surface area contributed by atoms with E-state index in [4.69, 9.17) is 4.98 Å². The molecule has 2 heteroatoms. The third-order valence-corrected chi connectivity index (χ3v) is 11.1.